The Labute approximate surface area is 186 Å². The number of halogens is 3. The number of carbonyl (C=O) groups is 1. The number of carbonyl (C=O) groups excluding carboxylic acids is 1. The number of anilines is 1. The number of nitrogens with zero attached hydrogens (tertiary/aromatic N) is 3. The second-order valence-electron chi connectivity index (χ2n) is 8.05. The van der Waals surface area contributed by atoms with Crippen LogP contribution in [0.4, 0.5) is 18.9 Å². The molecule has 0 N–H and O–H groups in total. The standard InChI is InChI=1S/C22H26F3N3O3S/c1-26(2)32(30,31)18-10-11-20-16(13-18)8-6-12-28(20)21(29)15-27(3)14-17-7-4-5-9-19(17)22(23,24)25/h4-5,7,9-11,13H,6,8,12,14-15H2,1-3H3. The monoisotopic (exact) mass is 469 g/mol. The van der Waals surface area contributed by atoms with Crippen molar-refractivity contribution in [2.24, 2.45) is 0 Å². The highest BCUT2D eigenvalue weighted by molar-refractivity contribution is 7.89. The van der Waals surface area contributed by atoms with E-state index >= 15 is 0 Å². The number of sulfonamides is 1. The van der Waals surface area contributed by atoms with Crippen LogP contribution in [-0.4, -0.2) is 57.8 Å². The number of fused-ring (bicyclic) bond motifs is 1. The topological polar surface area (TPSA) is 60.9 Å². The molecular formula is C22H26F3N3O3S. The Balaban J connectivity index is 1.76. The van der Waals surface area contributed by atoms with Crippen LogP contribution in [-0.2, 0) is 34.0 Å². The van der Waals surface area contributed by atoms with Crippen molar-refractivity contribution in [1.29, 1.82) is 0 Å². The molecule has 32 heavy (non-hydrogen) atoms. The number of rotatable bonds is 6. The van der Waals surface area contributed by atoms with E-state index in [1.807, 2.05) is 0 Å². The van der Waals surface area contributed by atoms with Gasteiger partial charge in [0.1, 0.15) is 0 Å². The molecule has 3 rings (SSSR count). The Morgan fingerprint density at radius 1 is 1.09 bits per heavy atom. The molecule has 0 saturated heterocycles. The summed E-state index contributed by atoms with van der Waals surface area (Å²) in [5, 5.41) is 0. The van der Waals surface area contributed by atoms with Gasteiger partial charge in [-0.1, -0.05) is 18.2 Å². The van der Waals surface area contributed by atoms with Crippen molar-refractivity contribution in [3.05, 3.63) is 59.2 Å². The predicted molar refractivity (Wildman–Crippen MR) is 116 cm³/mol. The molecule has 0 radical (unpaired) electrons. The maximum atomic E-state index is 13.2. The van der Waals surface area contributed by atoms with E-state index in [4.69, 9.17) is 0 Å². The van der Waals surface area contributed by atoms with Crippen molar-refractivity contribution in [3.8, 4) is 0 Å². The lowest BCUT2D eigenvalue weighted by molar-refractivity contribution is -0.138. The number of likely N-dealkylation sites (N-methyl/N-ethyl adjacent to an activating group) is 1. The second-order valence-corrected chi connectivity index (χ2v) is 10.2. The first-order valence-electron chi connectivity index (χ1n) is 10.1. The number of hydrogen-bond acceptors (Lipinski definition) is 4. The smallest absolute Gasteiger partial charge is 0.311 e. The lowest BCUT2D eigenvalue weighted by Gasteiger charge is -2.31. The van der Waals surface area contributed by atoms with Gasteiger partial charge >= 0.3 is 6.18 Å². The Morgan fingerprint density at radius 2 is 1.78 bits per heavy atom. The van der Waals surface area contributed by atoms with E-state index in [2.05, 4.69) is 0 Å². The van der Waals surface area contributed by atoms with Gasteiger partial charge in [0.25, 0.3) is 0 Å². The normalized spacial score (nSPS) is 14.7. The van der Waals surface area contributed by atoms with Gasteiger partial charge in [-0.25, -0.2) is 12.7 Å². The third-order valence-corrected chi connectivity index (χ3v) is 7.23. The van der Waals surface area contributed by atoms with Crippen LogP contribution in [0.1, 0.15) is 23.1 Å². The zero-order chi connectivity index (χ0) is 23.7. The van der Waals surface area contributed by atoms with Gasteiger partial charge in [0.15, 0.2) is 0 Å². The van der Waals surface area contributed by atoms with Gasteiger partial charge in [-0.2, -0.15) is 13.2 Å². The van der Waals surface area contributed by atoms with Crippen LogP contribution in [0.3, 0.4) is 0 Å². The molecule has 0 unspecified atom stereocenters. The molecule has 0 fully saturated rings. The molecule has 0 saturated carbocycles. The van der Waals surface area contributed by atoms with Crippen LogP contribution in [0.5, 0.6) is 0 Å². The van der Waals surface area contributed by atoms with Gasteiger partial charge in [0.05, 0.1) is 17.0 Å². The van der Waals surface area contributed by atoms with E-state index in [0.29, 0.717) is 25.1 Å². The second kappa shape index (κ2) is 9.21. The molecule has 1 heterocycles. The Hall–Kier alpha value is -2.43. The van der Waals surface area contributed by atoms with Crippen LogP contribution in [0.2, 0.25) is 0 Å². The molecule has 1 aliphatic heterocycles. The molecule has 174 valence electrons. The molecule has 0 aliphatic carbocycles. The average Bonchev–Trinajstić information content (AvgIpc) is 2.72. The summed E-state index contributed by atoms with van der Waals surface area (Å²) in [7, 11) is 0.923. The van der Waals surface area contributed by atoms with Crippen LogP contribution in [0.15, 0.2) is 47.4 Å². The van der Waals surface area contributed by atoms with E-state index in [-0.39, 0.29) is 29.5 Å². The van der Waals surface area contributed by atoms with Gasteiger partial charge in [-0.3, -0.25) is 9.69 Å². The van der Waals surface area contributed by atoms with E-state index in [9.17, 15) is 26.4 Å². The number of hydrogen-bond donors (Lipinski definition) is 0. The number of alkyl halides is 3. The molecular weight excluding hydrogens is 443 g/mol. The number of amides is 1. The quantitative estimate of drug-likeness (QED) is 0.651. The van der Waals surface area contributed by atoms with Crippen molar-refractivity contribution >= 4 is 21.6 Å². The number of benzene rings is 2. The summed E-state index contributed by atoms with van der Waals surface area (Å²) in [6, 6.07) is 10.0. The van der Waals surface area contributed by atoms with Crippen molar-refractivity contribution in [1.82, 2.24) is 9.21 Å². The van der Waals surface area contributed by atoms with Crippen molar-refractivity contribution in [3.63, 3.8) is 0 Å². The highest BCUT2D eigenvalue weighted by Gasteiger charge is 2.33. The van der Waals surface area contributed by atoms with Gasteiger partial charge in [-0.05, 0) is 55.3 Å². The molecule has 0 spiro atoms. The molecule has 6 nitrogen and oxygen atoms in total. The van der Waals surface area contributed by atoms with Gasteiger partial charge in [-0.15, -0.1) is 0 Å². The molecule has 2 aromatic rings. The minimum absolute atomic E-state index is 0.0257. The molecule has 0 atom stereocenters. The average molecular weight is 470 g/mol. The molecule has 10 heteroatoms. The summed E-state index contributed by atoms with van der Waals surface area (Å²) in [4.78, 5) is 16.3. The van der Waals surface area contributed by atoms with Crippen LogP contribution >= 0.6 is 0 Å². The largest absolute Gasteiger partial charge is 0.416 e. The third-order valence-electron chi connectivity index (χ3n) is 5.42. The fourth-order valence-electron chi connectivity index (χ4n) is 3.80. The zero-order valence-electron chi connectivity index (χ0n) is 18.2. The fourth-order valence-corrected chi connectivity index (χ4v) is 4.75. The molecule has 0 aromatic heterocycles. The fraction of sp³-hybridized carbons (Fsp3) is 0.409. The van der Waals surface area contributed by atoms with Crippen LogP contribution in [0.25, 0.3) is 0 Å². The van der Waals surface area contributed by atoms with E-state index < -0.39 is 21.8 Å². The minimum Gasteiger partial charge on any atom is -0.311 e. The maximum absolute atomic E-state index is 13.2. The summed E-state index contributed by atoms with van der Waals surface area (Å²) in [5.74, 6) is -0.249. The summed E-state index contributed by atoms with van der Waals surface area (Å²) in [6.07, 6.45) is -3.15. The third kappa shape index (κ3) is 5.13. The molecule has 1 aliphatic rings. The van der Waals surface area contributed by atoms with Crippen molar-refractivity contribution in [2.75, 3.05) is 39.1 Å². The van der Waals surface area contributed by atoms with E-state index in [1.54, 1.807) is 35.0 Å². The predicted octanol–water partition coefficient (Wildman–Crippen LogP) is 3.37. The molecule has 1 amide bonds. The van der Waals surface area contributed by atoms with Gasteiger partial charge in [0, 0.05) is 32.9 Å². The molecule has 0 bridgehead atoms. The highest BCUT2D eigenvalue weighted by atomic mass is 32.2. The first kappa shape index (κ1) is 24.2. The maximum Gasteiger partial charge on any atom is 0.416 e. The summed E-state index contributed by atoms with van der Waals surface area (Å²) in [5.41, 5.74) is 0.797. The Bertz CT molecular complexity index is 1100. The van der Waals surface area contributed by atoms with Crippen LogP contribution in [0, 0.1) is 0 Å². The number of aryl methyl sites for hydroxylation is 1. The summed E-state index contributed by atoms with van der Waals surface area (Å²) < 4.78 is 65.7. The minimum atomic E-state index is -4.46. The Morgan fingerprint density at radius 3 is 2.44 bits per heavy atom. The first-order chi connectivity index (χ1) is 14.9. The lowest BCUT2D eigenvalue weighted by Crippen LogP contribution is -2.41. The van der Waals surface area contributed by atoms with Gasteiger partial charge in [0.2, 0.25) is 15.9 Å². The first-order valence-corrected chi connectivity index (χ1v) is 11.5. The lowest BCUT2D eigenvalue weighted by atomic mass is 10.0. The summed E-state index contributed by atoms with van der Waals surface area (Å²) in [6.45, 7) is 0.379. The van der Waals surface area contributed by atoms with Crippen molar-refractivity contribution < 1.29 is 26.4 Å². The van der Waals surface area contributed by atoms with Crippen molar-refractivity contribution in [2.45, 2.75) is 30.5 Å². The Kier molecular flexibility index (Phi) is 6.97. The van der Waals surface area contributed by atoms with Gasteiger partial charge < -0.3 is 4.90 Å². The van der Waals surface area contributed by atoms with E-state index in [0.717, 1.165) is 15.9 Å². The van der Waals surface area contributed by atoms with Crippen LogP contribution < -0.4 is 4.90 Å². The zero-order valence-corrected chi connectivity index (χ0v) is 19.0. The highest BCUT2D eigenvalue weighted by Crippen LogP contribution is 2.33. The molecule has 2 aromatic carbocycles. The van der Waals surface area contributed by atoms with E-state index in [1.165, 1.54) is 32.3 Å². The summed E-state index contributed by atoms with van der Waals surface area (Å²) >= 11 is 0. The SMILES string of the molecule is CN(CC(=O)N1CCCc2cc(S(=O)(=O)N(C)C)ccc21)Cc1ccccc1C(F)(F)F.